The van der Waals surface area contributed by atoms with E-state index >= 15 is 0 Å². The molecule has 3 heterocycles. The molecule has 2 aromatic heterocycles. The average Bonchev–Trinajstić information content (AvgIpc) is 3.10. The van der Waals surface area contributed by atoms with Gasteiger partial charge in [-0.05, 0) is 25.5 Å². The predicted octanol–water partition coefficient (Wildman–Crippen LogP) is 1.81. The highest BCUT2D eigenvalue weighted by molar-refractivity contribution is 7.13. The molecule has 3 rings (SSSR count). The van der Waals surface area contributed by atoms with E-state index in [0.717, 1.165) is 42.2 Å². The van der Waals surface area contributed by atoms with E-state index < -0.39 is 0 Å². The number of hydrogen-bond donors (Lipinski definition) is 2. The Morgan fingerprint density at radius 2 is 2.55 bits per heavy atom. The molecule has 0 saturated carbocycles. The summed E-state index contributed by atoms with van der Waals surface area (Å²) in [5.74, 6) is 0.0442. The van der Waals surface area contributed by atoms with Crippen molar-refractivity contribution >= 4 is 17.2 Å². The van der Waals surface area contributed by atoms with Gasteiger partial charge in [0, 0.05) is 23.5 Å². The normalized spacial score (nSPS) is 18.9. The fourth-order valence-corrected chi connectivity index (χ4v) is 3.13. The van der Waals surface area contributed by atoms with Crippen molar-refractivity contribution < 1.29 is 9.21 Å². The van der Waals surface area contributed by atoms with Gasteiger partial charge >= 0.3 is 0 Å². The largest absolute Gasteiger partial charge is 0.472 e. The lowest BCUT2D eigenvalue weighted by Crippen LogP contribution is -2.46. The molecule has 0 bridgehead atoms. The Kier molecular flexibility index (Phi) is 4.13. The van der Waals surface area contributed by atoms with Crippen LogP contribution in [0.4, 0.5) is 0 Å². The third-order valence-corrected chi connectivity index (χ3v) is 4.26. The number of aromatic nitrogens is 1. The molecule has 5 nitrogen and oxygen atoms in total. The summed E-state index contributed by atoms with van der Waals surface area (Å²) in [4.78, 5) is 16.5. The van der Waals surface area contributed by atoms with Gasteiger partial charge in [0.1, 0.15) is 11.3 Å². The number of furan rings is 1. The number of amides is 1. The maximum Gasteiger partial charge on any atom is 0.226 e. The van der Waals surface area contributed by atoms with Crippen LogP contribution in [0.5, 0.6) is 0 Å². The van der Waals surface area contributed by atoms with Crippen molar-refractivity contribution in [2.45, 2.75) is 25.3 Å². The van der Waals surface area contributed by atoms with Crippen molar-refractivity contribution in [3.05, 3.63) is 29.7 Å². The summed E-state index contributed by atoms with van der Waals surface area (Å²) in [5.41, 5.74) is 1.77. The first-order valence-corrected chi connectivity index (χ1v) is 7.66. The number of piperidine rings is 1. The molecule has 2 N–H and O–H groups in total. The topological polar surface area (TPSA) is 67.2 Å². The lowest BCUT2D eigenvalue weighted by atomic mass is 10.1. The molecule has 0 aromatic carbocycles. The lowest BCUT2D eigenvalue weighted by Gasteiger charge is -2.23. The van der Waals surface area contributed by atoms with Crippen LogP contribution in [0.2, 0.25) is 0 Å². The second-order valence-corrected chi connectivity index (χ2v) is 5.80. The van der Waals surface area contributed by atoms with Crippen molar-refractivity contribution in [3.63, 3.8) is 0 Å². The van der Waals surface area contributed by atoms with Gasteiger partial charge in [-0.1, -0.05) is 0 Å². The molecule has 1 saturated heterocycles. The van der Waals surface area contributed by atoms with E-state index in [-0.39, 0.29) is 11.9 Å². The second-order valence-electron chi connectivity index (χ2n) is 4.94. The first kappa shape index (κ1) is 13.3. The predicted molar refractivity (Wildman–Crippen MR) is 77.6 cm³/mol. The van der Waals surface area contributed by atoms with Crippen LogP contribution in [0.25, 0.3) is 10.6 Å². The van der Waals surface area contributed by atoms with Crippen molar-refractivity contribution in [1.29, 1.82) is 0 Å². The maximum atomic E-state index is 12.0. The van der Waals surface area contributed by atoms with Crippen LogP contribution in [0.3, 0.4) is 0 Å². The smallest absolute Gasteiger partial charge is 0.226 e. The van der Waals surface area contributed by atoms with Gasteiger partial charge < -0.3 is 15.1 Å². The second kappa shape index (κ2) is 6.19. The minimum absolute atomic E-state index is 0.0442. The highest BCUT2D eigenvalue weighted by Crippen LogP contribution is 2.24. The van der Waals surface area contributed by atoms with Gasteiger partial charge in [0.05, 0.1) is 18.4 Å². The zero-order valence-corrected chi connectivity index (χ0v) is 11.9. The van der Waals surface area contributed by atoms with Gasteiger partial charge in [0.15, 0.2) is 0 Å². The van der Waals surface area contributed by atoms with E-state index in [1.54, 1.807) is 12.5 Å². The maximum absolute atomic E-state index is 12.0. The minimum Gasteiger partial charge on any atom is -0.472 e. The summed E-state index contributed by atoms with van der Waals surface area (Å²) in [6.45, 7) is 1.91. The van der Waals surface area contributed by atoms with Crippen LogP contribution in [0.1, 0.15) is 18.5 Å². The van der Waals surface area contributed by atoms with Gasteiger partial charge in [-0.15, -0.1) is 11.3 Å². The van der Waals surface area contributed by atoms with E-state index in [1.807, 2.05) is 11.4 Å². The molecule has 0 spiro atoms. The Morgan fingerprint density at radius 3 is 3.30 bits per heavy atom. The molecule has 1 amide bonds. The molecule has 0 radical (unpaired) electrons. The molecule has 6 heteroatoms. The summed E-state index contributed by atoms with van der Waals surface area (Å²) in [6.07, 6.45) is 5.79. The Morgan fingerprint density at radius 1 is 1.60 bits per heavy atom. The van der Waals surface area contributed by atoms with E-state index in [9.17, 15) is 4.79 Å². The standard InChI is InChI=1S/C14H17N3O2S/c18-13(16-11-2-1-4-15-7-11)6-12-9-20-14(17-12)10-3-5-19-8-10/h3,5,8-9,11,15H,1-2,4,6-7H2,(H,16,18)/t11-/m0/s1. The fourth-order valence-electron chi connectivity index (χ4n) is 2.33. The van der Waals surface area contributed by atoms with Crippen molar-refractivity contribution in [3.8, 4) is 10.6 Å². The molecule has 1 aliphatic rings. The summed E-state index contributed by atoms with van der Waals surface area (Å²) in [7, 11) is 0. The monoisotopic (exact) mass is 291 g/mol. The molecular weight excluding hydrogens is 274 g/mol. The zero-order valence-electron chi connectivity index (χ0n) is 11.1. The fraction of sp³-hybridized carbons (Fsp3) is 0.429. The number of carbonyl (C=O) groups is 1. The van der Waals surface area contributed by atoms with Crippen LogP contribution in [0, 0.1) is 0 Å². The third-order valence-electron chi connectivity index (χ3n) is 3.32. The quantitative estimate of drug-likeness (QED) is 0.901. The molecule has 1 fully saturated rings. The SMILES string of the molecule is O=C(Cc1csc(-c2ccoc2)n1)N[C@H]1CCCNC1. The van der Waals surface area contributed by atoms with E-state index in [2.05, 4.69) is 15.6 Å². The molecule has 2 aromatic rings. The van der Waals surface area contributed by atoms with Crippen molar-refractivity contribution in [2.75, 3.05) is 13.1 Å². The summed E-state index contributed by atoms with van der Waals surface area (Å²) < 4.78 is 5.04. The van der Waals surface area contributed by atoms with Crippen molar-refractivity contribution in [2.24, 2.45) is 0 Å². The Hall–Kier alpha value is -1.66. The van der Waals surface area contributed by atoms with E-state index in [1.165, 1.54) is 11.3 Å². The van der Waals surface area contributed by atoms with Crippen LogP contribution in [-0.4, -0.2) is 30.0 Å². The highest BCUT2D eigenvalue weighted by Gasteiger charge is 2.16. The summed E-state index contributed by atoms with van der Waals surface area (Å²) in [6, 6.07) is 2.12. The average molecular weight is 291 g/mol. The van der Waals surface area contributed by atoms with Gasteiger partial charge in [-0.2, -0.15) is 0 Å². The first-order chi connectivity index (χ1) is 9.81. The van der Waals surface area contributed by atoms with Crippen LogP contribution >= 0.6 is 11.3 Å². The first-order valence-electron chi connectivity index (χ1n) is 6.78. The molecule has 1 aliphatic heterocycles. The third kappa shape index (κ3) is 3.26. The molecule has 106 valence electrons. The van der Waals surface area contributed by atoms with Crippen molar-refractivity contribution in [1.82, 2.24) is 15.6 Å². The zero-order chi connectivity index (χ0) is 13.8. The summed E-state index contributed by atoms with van der Waals surface area (Å²) in [5, 5.41) is 9.17. The molecule has 0 unspecified atom stereocenters. The molecule has 0 aliphatic carbocycles. The number of rotatable bonds is 4. The van der Waals surface area contributed by atoms with Crippen LogP contribution < -0.4 is 10.6 Å². The summed E-state index contributed by atoms with van der Waals surface area (Å²) >= 11 is 1.53. The van der Waals surface area contributed by atoms with Gasteiger partial charge in [-0.3, -0.25) is 4.79 Å². The van der Waals surface area contributed by atoms with Gasteiger partial charge in [0.2, 0.25) is 5.91 Å². The van der Waals surface area contributed by atoms with E-state index in [4.69, 9.17) is 4.42 Å². The number of nitrogens with zero attached hydrogens (tertiary/aromatic N) is 1. The van der Waals surface area contributed by atoms with Crippen LogP contribution in [0.15, 0.2) is 28.4 Å². The van der Waals surface area contributed by atoms with Gasteiger partial charge in [0.25, 0.3) is 0 Å². The number of thiazole rings is 1. The Labute approximate surface area is 121 Å². The van der Waals surface area contributed by atoms with E-state index in [0.29, 0.717) is 6.42 Å². The molecule has 1 atom stereocenters. The number of carbonyl (C=O) groups excluding carboxylic acids is 1. The number of nitrogens with one attached hydrogen (secondary N) is 2. The highest BCUT2D eigenvalue weighted by atomic mass is 32.1. The van der Waals surface area contributed by atoms with Crippen LogP contribution in [-0.2, 0) is 11.2 Å². The Bertz CT molecular complexity index is 559. The van der Waals surface area contributed by atoms with Gasteiger partial charge in [-0.25, -0.2) is 4.98 Å². The molecule has 20 heavy (non-hydrogen) atoms. The Balaban J connectivity index is 1.56. The minimum atomic E-state index is 0.0442. The lowest BCUT2D eigenvalue weighted by molar-refractivity contribution is -0.121. The number of hydrogen-bond acceptors (Lipinski definition) is 5. The molecular formula is C14H17N3O2S.